The molecule has 1 aliphatic rings. The van der Waals surface area contributed by atoms with Crippen molar-refractivity contribution in [3.63, 3.8) is 0 Å². The molecule has 0 saturated carbocycles. The zero-order valence-corrected chi connectivity index (χ0v) is 9.22. The molecule has 1 saturated heterocycles. The topological polar surface area (TPSA) is 58.4 Å². The Morgan fingerprint density at radius 1 is 1.31 bits per heavy atom. The van der Waals surface area contributed by atoms with Crippen LogP contribution in [-0.4, -0.2) is 46.0 Å². The molecule has 0 spiro atoms. The zero-order chi connectivity index (χ0) is 11.0. The van der Waals surface area contributed by atoms with Gasteiger partial charge in [-0.1, -0.05) is 5.21 Å². The maximum absolute atomic E-state index is 4.59. The first-order valence-corrected chi connectivity index (χ1v) is 5.48. The summed E-state index contributed by atoms with van der Waals surface area (Å²) in [6, 6.07) is 0. The van der Waals surface area contributed by atoms with Crippen LogP contribution in [0, 0.1) is 6.92 Å². The predicted octanol–water partition coefficient (Wildman–Crippen LogP) is -0.158. The van der Waals surface area contributed by atoms with Gasteiger partial charge in [-0.25, -0.2) is 9.50 Å². The number of aryl methyl sites for hydroxylation is 1. The van der Waals surface area contributed by atoms with E-state index in [1.165, 1.54) is 0 Å². The highest BCUT2D eigenvalue weighted by Gasteiger charge is 2.16. The summed E-state index contributed by atoms with van der Waals surface area (Å²) in [5.41, 5.74) is 1.94. The van der Waals surface area contributed by atoms with Crippen molar-refractivity contribution in [2.45, 2.75) is 6.92 Å². The molecule has 0 bridgehead atoms. The van der Waals surface area contributed by atoms with Gasteiger partial charge in [-0.15, -0.1) is 5.10 Å². The van der Waals surface area contributed by atoms with E-state index in [-0.39, 0.29) is 0 Å². The summed E-state index contributed by atoms with van der Waals surface area (Å²) in [7, 11) is 0. The number of rotatable bonds is 1. The van der Waals surface area contributed by atoms with Gasteiger partial charge in [-0.05, 0) is 6.92 Å². The summed E-state index contributed by atoms with van der Waals surface area (Å²) in [4.78, 5) is 6.87. The Morgan fingerprint density at radius 2 is 2.12 bits per heavy atom. The fourth-order valence-electron chi connectivity index (χ4n) is 2.04. The lowest BCUT2D eigenvalue weighted by atomic mass is 10.3. The first-order valence-electron chi connectivity index (χ1n) is 5.48. The monoisotopic (exact) mass is 218 g/mol. The Morgan fingerprint density at radius 3 is 2.94 bits per heavy atom. The van der Waals surface area contributed by atoms with Crippen LogP contribution in [0.4, 0.5) is 5.82 Å². The van der Waals surface area contributed by atoms with E-state index in [4.69, 9.17) is 0 Å². The van der Waals surface area contributed by atoms with Gasteiger partial charge in [0.1, 0.15) is 5.52 Å². The minimum atomic E-state index is 0.964. The molecular formula is C10H14N6. The Balaban J connectivity index is 2.09. The summed E-state index contributed by atoms with van der Waals surface area (Å²) in [6.07, 6.45) is 3.66. The van der Waals surface area contributed by atoms with Gasteiger partial charge in [-0.3, -0.25) is 0 Å². The molecule has 0 aliphatic carbocycles. The maximum atomic E-state index is 4.59. The third-order valence-corrected chi connectivity index (χ3v) is 2.81. The molecule has 2 aromatic rings. The molecule has 0 aromatic carbocycles. The summed E-state index contributed by atoms with van der Waals surface area (Å²) in [5.74, 6) is 0.992. The molecule has 2 aromatic heterocycles. The van der Waals surface area contributed by atoms with E-state index in [0.29, 0.717) is 0 Å². The third kappa shape index (κ3) is 1.51. The lowest BCUT2D eigenvalue weighted by Gasteiger charge is -2.28. The number of hydrogen-bond acceptors (Lipinski definition) is 5. The summed E-state index contributed by atoms with van der Waals surface area (Å²) < 4.78 is 1.79. The molecule has 0 amide bonds. The molecule has 1 N–H and O–H groups in total. The van der Waals surface area contributed by atoms with Crippen LogP contribution < -0.4 is 10.2 Å². The highest BCUT2D eigenvalue weighted by molar-refractivity contribution is 5.67. The fourth-order valence-corrected chi connectivity index (χ4v) is 2.04. The molecule has 1 fully saturated rings. The zero-order valence-electron chi connectivity index (χ0n) is 9.22. The lowest BCUT2D eigenvalue weighted by Crippen LogP contribution is -2.44. The van der Waals surface area contributed by atoms with Crippen LogP contribution in [0.5, 0.6) is 0 Å². The molecule has 6 heteroatoms. The van der Waals surface area contributed by atoms with Crippen molar-refractivity contribution in [2.75, 3.05) is 31.1 Å². The molecule has 6 nitrogen and oxygen atoms in total. The highest BCUT2D eigenvalue weighted by atomic mass is 15.4. The van der Waals surface area contributed by atoms with Gasteiger partial charge >= 0.3 is 0 Å². The second-order valence-corrected chi connectivity index (χ2v) is 4.01. The SMILES string of the molecule is Cc1cn2nncc2c(N2CCNCC2)n1. The van der Waals surface area contributed by atoms with Gasteiger partial charge in [0.15, 0.2) is 5.82 Å². The molecule has 3 rings (SSSR count). The Bertz CT molecular complexity index is 499. The molecule has 0 unspecified atom stereocenters. The van der Waals surface area contributed by atoms with Gasteiger partial charge < -0.3 is 10.2 Å². The molecule has 1 aliphatic heterocycles. The number of nitrogens with zero attached hydrogens (tertiary/aromatic N) is 5. The standard InChI is InChI=1S/C10H14N6/c1-8-7-16-9(6-12-14-16)10(13-8)15-4-2-11-3-5-15/h6-7,11H,2-5H2,1H3. The third-order valence-electron chi connectivity index (χ3n) is 2.81. The van der Waals surface area contributed by atoms with Crippen LogP contribution in [0.25, 0.3) is 5.52 Å². The molecule has 3 heterocycles. The number of nitrogens with one attached hydrogen (secondary N) is 1. The van der Waals surface area contributed by atoms with E-state index in [1.807, 2.05) is 13.1 Å². The average Bonchev–Trinajstić information content (AvgIpc) is 2.77. The number of fused-ring (bicyclic) bond motifs is 1. The van der Waals surface area contributed by atoms with Crippen molar-refractivity contribution in [3.05, 3.63) is 18.1 Å². The van der Waals surface area contributed by atoms with Crippen molar-refractivity contribution >= 4 is 11.3 Å². The number of aromatic nitrogens is 4. The second kappa shape index (κ2) is 3.71. The Labute approximate surface area is 93.3 Å². The molecule has 84 valence electrons. The minimum absolute atomic E-state index is 0.964. The smallest absolute Gasteiger partial charge is 0.156 e. The molecule has 0 atom stereocenters. The van der Waals surface area contributed by atoms with Gasteiger partial charge in [0, 0.05) is 26.2 Å². The van der Waals surface area contributed by atoms with E-state index in [1.54, 1.807) is 10.7 Å². The molecular weight excluding hydrogens is 204 g/mol. The van der Waals surface area contributed by atoms with Crippen molar-refractivity contribution < 1.29 is 0 Å². The molecule has 16 heavy (non-hydrogen) atoms. The largest absolute Gasteiger partial charge is 0.352 e. The normalized spacial score (nSPS) is 16.9. The second-order valence-electron chi connectivity index (χ2n) is 4.01. The van der Waals surface area contributed by atoms with E-state index >= 15 is 0 Å². The van der Waals surface area contributed by atoms with E-state index in [2.05, 4.69) is 25.5 Å². The van der Waals surface area contributed by atoms with E-state index in [0.717, 1.165) is 43.2 Å². The van der Waals surface area contributed by atoms with E-state index in [9.17, 15) is 0 Å². The maximum Gasteiger partial charge on any atom is 0.156 e. The van der Waals surface area contributed by atoms with E-state index < -0.39 is 0 Å². The summed E-state index contributed by atoms with van der Waals surface area (Å²) in [6.45, 7) is 5.95. The van der Waals surface area contributed by atoms with Crippen molar-refractivity contribution in [2.24, 2.45) is 0 Å². The number of piperazine rings is 1. The lowest BCUT2D eigenvalue weighted by molar-refractivity contribution is 0.584. The first-order chi connectivity index (χ1) is 7.84. The van der Waals surface area contributed by atoms with Crippen LogP contribution in [-0.2, 0) is 0 Å². The quantitative estimate of drug-likeness (QED) is 0.721. The first kappa shape index (κ1) is 9.53. The van der Waals surface area contributed by atoms with Gasteiger partial charge in [0.2, 0.25) is 0 Å². The van der Waals surface area contributed by atoms with Crippen LogP contribution in [0.3, 0.4) is 0 Å². The highest BCUT2D eigenvalue weighted by Crippen LogP contribution is 2.18. The Kier molecular flexibility index (Phi) is 2.21. The average molecular weight is 218 g/mol. The van der Waals surface area contributed by atoms with Crippen molar-refractivity contribution in [1.82, 2.24) is 25.1 Å². The predicted molar refractivity (Wildman–Crippen MR) is 60.6 cm³/mol. The van der Waals surface area contributed by atoms with Gasteiger partial charge in [0.05, 0.1) is 18.1 Å². The van der Waals surface area contributed by atoms with Gasteiger partial charge in [0.25, 0.3) is 0 Å². The van der Waals surface area contributed by atoms with Crippen LogP contribution in [0.1, 0.15) is 5.69 Å². The Hall–Kier alpha value is -1.69. The van der Waals surface area contributed by atoms with Crippen LogP contribution >= 0.6 is 0 Å². The van der Waals surface area contributed by atoms with Crippen LogP contribution in [0.15, 0.2) is 12.4 Å². The number of anilines is 1. The summed E-state index contributed by atoms with van der Waals surface area (Å²) >= 11 is 0. The van der Waals surface area contributed by atoms with Gasteiger partial charge in [-0.2, -0.15) is 0 Å². The molecule has 0 radical (unpaired) electrons. The fraction of sp³-hybridized carbons (Fsp3) is 0.500. The van der Waals surface area contributed by atoms with Crippen molar-refractivity contribution in [1.29, 1.82) is 0 Å². The minimum Gasteiger partial charge on any atom is -0.352 e. The number of hydrogen-bond donors (Lipinski definition) is 1. The van der Waals surface area contributed by atoms with Crippen LogP contribution in [0.2, 0.25) is 0 Å². The summed E-state index contributed by atoms with van der Waals surface area (Å²) in [5, 5.41) is 11.3. The van der Waals surface area contributed by atoms with Crippen molar-refractivity contribution in [3.8, 4) is 0 Å².